The molecular formula is C15H13FN4. The molecule has 1 atom stereocenters. The minimum atomic E-state index is -0.279. The molecule has 0 radical (unpaired) electrons. The summed E-state index contributed by atoms with van der Waals surface area (Å²) in [5.74, 6) is 0.214. The minimum Gasteiger partial charge on any atom is -0.207 e. The van der Waals surface area contributed by atoms with Gasteiger partial charge >= 0.3 is 0 Å². The number of halogens is 1. The topological polar surface area (TPSA) is 43.6 Å². The lowest BCUT2D eigenvalue weighted by Gasteiger charge is -2.09. The van der Waals surface area contributed by atoms with E-state index in [9.17, 15) is 4.39 Å². The van der Waals surface area contributed by atoms with Crippen LogP contribution < -0.4 is 0 Å². The summed E-state index contributed by atoms with van der Waals surface area (Å²) in [5, 5.41) is 12.5. The molecule has 3 aromatic rings. The van der Waals surface area contributed by atoms with E-state index in [1.165, 1.54) is 12.1 Å². The van der Waals surface area contributed by atoms with Crippen LogP contribution in [0.5, 0.6) is 0 Å². The van der Waals surface area contributed by atoms with Crippen molar-refractivity contribution in [1.82, 2.24) is 20.2 Å². The Balaban J connectivity index is 1.89. The van der Waals surface area contributed by atoms with E-state index in [-0.39, 0.29) is 11.9 Å². The van der Waals surface area contributed by atoms with Crippen molar-refractivity contribution in [1.29, 1.82) is 0 Å². The molecule has 1 heterocycles. The fraction of sp³-hybridized carbons (Fsp3) is 0.133. The molecule has 0 unspecified atom stereocenters. The van der Waals surface area contributed by atoms with Crippen molar-refractivity contribution in [2.75, 3.05) is 0 Å². The van der Waals surface area contributed by atoms with Crippen molar-refractivity contribution in [3.63, 3.8) is 0 Å². The van der Waals surface area contributed by atoms with Gasteiger partial charge in [-0.15, -0.1) is 10.2 Å². The fourth-order valence-electron chi connectivity index (χ4n) is 1.97. The van der Waals surface area contributed by atoms with Gasteiger partial charge in [-0.05, 0) is 42.0 Å². The first kappa shape index (κ1) is 12.5. The van der Waals surface area contributed by atoms with Crippen LogP contribution in [0.25, 0.3) is 11.4 Å². The van der Waals surface area contributed by atoms with Gasteiger partial charge in [0.15, 0.2) is 0 Å². The van der Waals surface area contributed by atoms with Crippen molar-refractivity contribution in [3.05, 3.63) is 66.0 Å². The van der Waals surface area contributed by atoms with Gasteiger partial charge in [0.1, 0.15) is 5.82 Å². The average molecular weight is 268 g/mol. The summed E-state index contributed by atoms with van der Waals surface area (Å²) in [6, 6.07) is 16.0. The van der Waals surface area contributed by atoms with Gasteiger partial charge in [-0.2, -0.15) is 4.80 Å². The molecule has 0 spiro atoms. The van der Waals surface area contributed by atoms with Crippen LogP contribution in [-0.4, -0.2) is 20.2 Å². The number of nitrogens with zero attached hydrogens (tertiary/aromatic N) is 4. The SMILES string of the molecule is C[C@H](c1ccccc1)n1nnc(-c2ccc(F)cc2)n1. The monoisotopic (exact) mass is 268 g/mol. The van der Waals surface area contributed by atoms with Crippen LogP contribution in [0.15, 0.2) is 54.6 Å². The number of rotatable bonds is 3. The van der Waals surface area contributed by atoms with Crippen molar-refractivity contribution in [2.45, 2.75) is 13.0 Å². The van der Waals surface area contributed by atoms with E-state index in [1.807, 2.05) is 37.3 Å². The molecule has 0 N–H and O–H groups in total. The van der Waals surface area contributed by atoms with Crippen LogP contribution >= 0.6 is 0 Å². The molecule has 0 aliphatic rings. The molecule has 20 heavy (non-hydrogen) atoms. The van der Waals surface area contributed by atoms with Crippen LogP contribution in [0, 0.1) is 5.82 Å². The maximum absolute atomic E-state index is 12.9. The van der Waals surface area contributed by atoms with Crippen molar-refractivity contribution < 1.29 is 4.39 Å². The zero-order valence-electron chi connectivity index (χ0n) is 10.9. The highest BCUT2D eigenvalue weighted by Crippen LogP contribution is 2.18. The Morgan fingerprint density at radius 2 is 1.70 bits per heavy atom. The van der Waals surface area contributed by atoms with Crippen LogP contribution in [0.3, 0.4) is 0 Å². The third-order valence-corrected chi connectivity index (χ3v) is 3.16. The van der Waals surface area contributed by atoms with Gasteiger partial charge < -0.3 is 0 Å². The maximum Gasteiger partial charge on any atom is 0.204 e. The lowest BCUT2D eigenvalue weighted by Crippen LogP contribution is -2.10. The maximum atomic E-state index is 12.9. The lowest BCUT2D eigenvalue weighted by molar-refractivity contribution is 0.481. The molecule has 1 aromatic heterocycles. The first-order chi connectivity index (χ1) is 9.74. The number of tetrazole rings is 1. The van der Waals surface area contributed by atoms with E-state index in [0.717, 1.165) is 11.1 Å². The standard InChI is InChI=1S/C15H13FN4/c1-11(12-5-3-2-4-6-12)20-18-15(17-19-20)13-7-9-14(16)10-8-13/h2-11H,1H3/t11-/m1/s1. The van der Waals surface area contributed by atoms with E-state index in [0.29, 0.717) is 5.82 Å². The Hall–Kier alpha value is -2.56. The number of hydrogen-bond acceptors (Lipinski definition) is 3. The first-order valence-electron chi connectivity index (χ1n) is 6.34. The fourth-order valence-corrected chi connectivity index (χ4v) is 1.97. The number of hydrogen-bond donors (Lipinski definition) is 0. The smallest absolute Gasteiger partial charge is 0.204 e. The van der Waals surface area contributed by atoms with E-state index in [4.69, 9.17) is 0 Å². The Labute approximate surface area is 115 Å². The van der Waals surface area contributed by atoms with Gasteiger partial charge in [-0.1, -0.05) is 30.3 Å². The van der Waals surface area contributed by atoms with E-state index in [1.54, 1.807) is 16.9 Å². The van der Waals surface area contributed by atoms with Crippen LogP contribution in [0.4, 0.5) is 4.39 Å². The molecular weight excluding hydrogens is 255 g/mol. The molecule has 0 aliphatic heterocycles. The molecule has 3 rings (SSSR count). The van der Waals surface area contributed by atoms with Gasteiger partial charge in [0.05, 0.1) is 6.04 Å². The highest BCUT2D eigenvalue weighted by atomic mass is 19.1. The molecule has 0 aliphatic carbocycles. The summed E-state index contributed by atoms with van der Waals surface area (Å²) in [5.41, 5.74) is 1.86. The summed E-state index contributed by atoms with van der Waals surface area (Å²) in [7, 11) is 0. The van der Waals surface area contributed by atoms with E-state index in [2.05, 4.69) is 15.4 Å². The second kappa shape index (κ2) is 5.21. The van der Waals surface area contributed by atoms with Crippen molar-refractivity contribution in [2.24, 2.45) is 0 Å². The molecule has 0 fully saturated rings. The predicted octanol–water partition coefficient (Wildman–Crippen LogP) is 3.09. The Morgan fingerprint density at radius 1 is 1.00 bits per heavy atom. The van der Waals surface area contributed by atoms with Gasteiger partial charge in [0.25, 0.3) is 0 Å². The third-order valence-electron chi connectivity index (χ3n) is 3.16. The average Bonchev–Trinajstić information content (AvgIpc) is 2.98. The quantitative estimate of drug-likeness (QED) is 0.733. The summed E-state index contributed by atoms with van der Waals surface area (Å²) < 4.78 is 12.9. The first-order valence-corrected chi connectivity index (χ1v) is 6.34. The predicted molar refractivity (Wildman–Crippen MR) is 73.5 cm³/mol. The molecule has 4 nitrogen and oxygen atoms in total. The molecule has 2 aromatic carbocycles. The van der Waals surface area contributed by atoms with Crippen LogP contribution in [0.1, 0.15) is 18.5 Å². The number of aromatic nitrogens is 4. The lowest BCUT2D eigenvalue weighted by atomic mass is 10.1. The molecule has 100 valence electrons. The summed E-state index contributed by atoms with van der Waals surface area (Å²) in [4.78, 5) is 1.56. The van der Waals surface area contributed by atoms with E-state index < -0.39 is 0 Å². The zero-order valence-corrected chi connectivity index (χ0v) is 10.9. The molecule has 0 saturated carbocycles. The Kier molecular flexibility index (Phi) is 3.25. The molecule has 5 heteroatoms. The zero-order chi connectivity index (χ0) is 13.9. The summed E-state index contributed by atoms with van der Waals surface area (Å²) in [6.45, 7) is 2.01. The summed E-state index contributed by atoms with van der Waals surface area (Å²) in [6.07, 6.45) is 0. The largest absolute Gasteiger partial charge is 0.207 e. The van der Waals surface area contributed by atoms with Gasteiger partial charge in [-0.3, -0.25) is 0 Å². The highest BCUT2D eigenvalue weighted by molar-refractivity contribution is 5.53. The Morgan fingerprint density at radius 3 is 2.40 bits per heavy atom. The normalized spacial score (nSPS) is 12.3. The Bertz CT molecular complexity index is 691. The van der Waals surface area contributed by atoms with Gasteiger partial charge in [0, 0.05) is 5.56 Å². The van der Waals surface area contributed by atoms with Crippen molar-refractivity contribution >= 4 is 0 Å². The van der Waals surface area contributed by atoms with Crippen LogP contribution in [-0.2, 0) is 0 Å². The summed E-state index contributed by atoms with van der Waals surface area (Å²) >= 11 is 0. The van der Waals surface area contributed by atoms with E-state index >= 15 is 0 Å². The second-order valence-electron chi connectivity index (χ2n) is 4.53. The van der Waals surface area contributed by atoms with Gasteiger partial charge in [-0.25, -0.2) is 4.39 Å². The minimum absolute atomic E-state index is 0.00195. The second-order valence-corrected chi connectivity index (χ2v) is 4.53. The number of benzene rings is 2. The van der Waals surface area contributed by atoms with Gasteiger partial charge in [0.2, 0.25) is 5.82 Å². The third kappa shape index (κ3) is 2.42. The highest BCUT2D eigenvalue weighted by Gasteiger charge is 2.12. The molecule has 0 amide bonds. The molecule has 0 bridgehead atoms. The van der Waals surface area contributed by atoms with Crippen LogP contribution in [0.2, 0.25) is 0 Å². The molecule has 0 saturated heterocycles. The van der Waals surface area contributed by atoms with Crippen molar-refractivity contribution in [3.8, 4) is 11.4 Å².